The van der Waals surface area contributed by atoms with Crippen LogP contribution in [0.25, 0.3) is 0 Å². The Balaban J connectivity index is 2.28. The maximum absolute atomic E-state index is 5.75. The number of nitrogens with one attached hydrogen (secondary N) is 1. The van der Waals surface area contributed by atoms with Crippen molar-refractivity contribution in [3.8, 4) is 5.75 Å². The van der Waals surface area contributed by atoms with Crippen molar-refractivity contribution in [1.82, 2.24) is 5.32 Å². The minimum absolute atomic E-state index is 0.398. The highest BCUT2D eigenvalue weighted by Gasteiger charge is 2.07. The molecule has 1 atom stereocenters. The van der Waals surface area contributed by atoms with E-state index in [1.165, 1.54) is 0 Å². The lowest BCUT2D eigenvalue weighted by Gasteiger charge is -2.18. The lowest BCUT2D eigenvalue weighted by Crippen LogP contribution is -2.34. The average Bonchev–Trinajstić information content (AvgIpc) is 2.37. The highest BCUT2D eigenvalue weighted by atomic mass is 16.5. The zero-order chi connectivity index (χ0) is 12.3. The van der Waals surface area contributed by atoms with Crippen molar-refractivity contribution in [3.05, 3.63) is 30.3 Å². The minimum Gasteiger partial charge on any atom is -0.492 e. The van der Waals surface area contributed by atoms with Gasteiger partial charge in [-0.1, -0.05) is 25.1 Å². The quantitative estimate of drug-likeness (QED) is 0.669. The van der Waals surface area contributed by atoms with Gasteiger partial charge in [-0.2, -0.15) is 0 Å². The summed E-state index contributed by atoms with van der Waals surface area (Å²) in [6.45, 7) is 4.61. The van der Waals surface area contributed by atoms with Crippen molar-refractivity contribution in [2.45, 2.75) is 25.8 Å². The van der Waals surface area contributed by atoms with Crippen molar-refractivity contribution < 1.29 is 9.47 Å². The van der Waals surface area contributed by atoms with Crippen LogP contribution in [0.2, 0.25) is 0 Å². The summed E-state index contributed by atoms with van der Waals surface area (Å²) in [5.74, 6) is 0.933. The Morgan fingerprint density at radius 1 is 1.24 bits per heavy atom. The smallest absolute Gasteiger partial charge is 0.119 e. The number of hydrogen-bond acceptors (Lipinski definition) is 3. The van der Waals surface area contributed by atoms with Crippen LogP contribution in [0.4, 0.5) is 0 Å². The molecule has 0 aliphatic rings. The molecular formula is C14H23NO2. The molecule has 1 aromatic rings. The molecule has 1 aromatic carbocycles. The summed E-state index contributed by atoms with van der Waals surface area (Å²) in [5, 5.41) is 3.43. The zero-order valence-corrected chi connectivity index (χ0v) is 10.8. The van der Waals surface area contributed by atoms with Gasteiger partial charge in [0.1, 0.15) is 12.4 Å². The second-order valence-electron chi connectivity index (χ2n) is 4.01. The van der Waals surface area contributed by atoms with E-state index in [4.69, 9.17) is 9.47 Å². The maximum atomic E-state index is 5.75. The van der Waals surface area contributed by atoms with Gasteiger partial charge >= 0.3 is 0 Å². The second kappa shape index (κ2) is 9.02. The van der Waals surface area contributed by atoms with Gasteiger partial charge in [-0.05, 0) is 31.5 Å². The summed E-state index contributed by atoms with van der Waals surface area (Å²) in [6, 6.07) is 10.3. The topological polar surface area (TPSA) is 30.5 Å². The Kier molecular flexibility index (Phi) is 7.43. The van der Waals surface area contributed by atoms with Gasteiger partial charge < -0.3 is 14.8 Å². The molecular weight excluding hydrogens is 214 g/mol. The summed E-state index contributed by atoms with van der Waals surface area (Å²) in [7, 11) is 1.74. The summed E-state index contributed by atoms with van der Waals surface area (Å²) in [5.41, 5.74) is 0. The van der Waals surface area contributed by atoms with E-state index in [1.807, 2.05) is 30.3 Å². The highest BCUT2D eigenvalue weighted by Crippen LogP contribution is 2.09. The van der Waals surface area contributed by atoms with Crippen LogP contribution in [0, 0.1) is 0 Å². The van der Waals surface area contributed by atoms with Crippen LogP contribution in [-0.4, -0.2) is 32.9 Å². The molecule has 0 aromatic heterocycles. The van der Waals surface area contributed by atoms with Gasteiger partial charge in [0.15, 0.2) is 0 Å². The molecule has 1 N–H and O–H groups in total. The van der Waals surface area contributed by atoms with Crippen molar-refractivity contribution in [2.24, 2.45) is 0 Å². The molecule has 0 amide bonds. The second-order valence-corrected chi connectivity index (χ2v) is 4.01. The number of methoxy groups -OCH3 is 1. The normalized spacial score (nSPS) is 12.4. The first-order chi connectivity index (χ1) is 8.36. The minimum atomic E-state index is 0.398. The van der Waals surface area contributed by atoms with E-state index in [1.54, 1.807) is 7.11 Å². The fourth-order valence-corrected chi connectivity index (χ4v) is 1.72. The zero-order valence-electron chi connectivity index (χ0n) is 10.8. The summed E-state index contributed by atoms with van der Waals surface area (Å²) in [4.78, 5) is 0. The van der Waals surface area contributed by atoms with Gasteiger partial charge in [0, 0.05) is 19.8 Å². The molecule has 0 saturated carbocycles. The number of benzene rings is 1. The third kappa shape index (κ3) is 6.29. The Labute approximate surface area is 104 Å². The first-order valence-corrected chi connectivity index (χ1v) is 6.27. The lowest BCUT2D eigenvalue weighted by molar-refractivity contribution is 0.181. The third-order valence-electron chi connectivity index (χ3n) is 2.59. The molecule has 0 radical (unpaired) electrons. The van der Waals surface area contributed by atoms with E-state index in [-0.39, 0.29) is 0 Å². The molecule has 0 aliphatic carbocycles. The molecule has 3 nitrogen and oxygen atoms in total. The summed E-state index contributed by atoms with van der Waals surface area (Å²) < 4.78 is 10.8. The lowest BCUT2D eigenvalue weighted by atomic mass is 10.1. The molecule has 3 heteroatoms. The van der Waals surface area contributed by atoms with Crippen molar-refractivity contribution in [2.75, 3.05) is 26.9 Å². The predicted octanol–water partition coefficient (Wildman–Crippen LogP) is 2.47. The molecule has 1 unspecified atom stereocenters. The molecule has 0 spiro atoms. The summed E-state index contributed by atoms with van der Waals surface area (Å²) >= 11 is 0. The largest absolute Gasteiger partial charge is 0.492 e. The Hall–Kier alpha value is -1.06. The fraction of sp³-hybridized carbons (Fsp3) is 0.571. The molecule has 0 fully saturated rings. The van der Waals surface area contributed by atoms with Crippen LogP contribution in [0.15, 0.2) is 30.3 Å². The van der Waals surface area contributed by atoms with Crippen LogP contribution in [0.5, 0.6) is 5.75 Å². The van der Waals surface area contributed by atoms with Gasteiger partial charge in [-0.3, -0.25) is 0 Å². The maximum Gasteiger partial charge on any atom is 0.119 e. The molecule has 0 heterocycles. The highest BCUT2D eigenvalue weighted by molar-refractivity contribution is 5.20. The number of hydrogen-bond donors (Lipinski definition) is 1. The molecule has 0 saturated heterocycles. The number of likely N-dealkylation sites (N-methyl/N-ethyl adjacent to an activating group) is 1. The monoisotopic (exact) mass is 237 g/mol. The van der Waals surface area contributed by atoms with E-state index in [9.17, 15) is 0 Å². The Bertz CT molecular complexity index is 277. The van der Waals surface area contributed by atoms with E-state index >= 15 is 0 Å². The van der Waals surface area contributed by atoms with Gasteiger partial charge in [-0.25, -0.2) is 0 Å². The molecule has 0 aliphatic heterocycles. The predicted molar refractivity (Wildman–Crippen MR) is 70.5 cm³/mol. The first kappa shape index (κ1) is 14.0. The fourth-order valence-electron chi connectivity index (χ4n) is 1.72. The van der Waals surface area contributed by atoms with Crippen LogP contribution in [0.1, 0.15) is 19.8 Å². The van der Waals surface area contributed by atoms with Gasteiger partial charge in [0.2, 0.25) is 0 Å². The van der Waals surface area contributed by atoms with Crippen molar-refractivity contribution >= 4 is 0 Å². The van der Waals surface area contributed by atoms with Crippen LogP contribution in [0.3, 0.4) is 0 Å². The average molecular weight is 237 g/mol. The van der Waals surface area contributed by atoms with Gasteiger partial charge in [-0.15, -0.1) is 0 Å². The third-order valence-corrected chi connectivity index (χ3v) is 2.59. The SMILES string of the molecule is CCNC(CCCOC)COc1ccccc1. The van der Waals surface area contributed by atoms with Crippen LogP contribution < -0.4 is 10.1 Å². The standard InChI is InChI=1S/C14H23NO2/c1-3-15-13(8-7-11-16-2)12-17-14-9-5-4-6-10-14/h4-6,9-10,13,15H,3,7-8,11-12H2,1-2H3. The van der Waals surface area contributed by atoms with Crippen LogP contribution in [-0.2, 0) is 4.74 Å². The van der Waals surface area contributed by atoms with Gasteiger partial charge in [0.05, 0.1) is 0 Å². The van der Waals surface area contributed by atoms with E-state index in [0.717, 1.165) is 31.7 Å². The van der Waals surface area contributed by atoms with Crippen LogP contribution >= 0.6 is 0 Å². The number of para-hydroxylation sites is 1. The van der Waals surface area contributed by atoms with E-state index in [2.05, 4.69) is 12.2 Å². The number of rotatable bonds is 9. The van der Waals surface area contributed by atoms with Crippen molar-refractivity contribution in [1.29, 1.82) is 0 Å². The molecule has 96 valence electrons. The Morgan fingerprint density at radius 3 is 2.65 bits per heavy atom. The van der Waals surface area contributed by atoms with E-state index < -0.39 is 0 Å². The van der Waals surface area contributed by atoms with E-state index in [0.29, 0.717) is 12.6 Å². The molecule has 17 heavy (non-hydrogen) atoms. The molecule has 1 rings (SSSR count). The first-order valence-electron chi connectivity index (χ1n) is 6.27. The van der Waals surface area contributed by atoms with Gasteiger partial charge in [0.25, 0.3) is 0 Å². The number of ether oxygens (including phenoxy) is 2. The molecule has 0 bridgehead atoms. The van der Waals surface area contributed by atoms with Crippen molar-refractivity contribution in [3.63, 3.8) is 0 Å². The summed E-state index contributed by atoms with van der Waals surface area (Å²) in [6.07, 6.45) is 2.14. The Morgan fingerprint density at radius 2 is 2.00 bits per heavy atom.